The molecule has 0 aliphatic heterocycles. The zero-order chi connectivity index (χ0) is 12.2. The Kier molecular flexibility index (Phi) is 4.85. The lowest BCUT2D eigenvalue weighted by Crippen LogP contribution is -2.36. The van der Waals surface area contributed by atoms with Crippen molar-refractivity contribution in [3.05, 3.63) is 11.6 Å². The Morgan fingerprint density at radius 1 is 1.50 bits per heavy atom. The second-order valence-corrected chi connectivity index (χ2v) is 5.48. The van der Waals surface area contributed by atoms with Crippen molar-refractivity contribution < 1.29 is 9.90 Å². The van der Waals surface area contributed by atoms with Gasteiger partial charge in [0.05, 0.1) is 5.41 Å². The molecule has 2 nitrogen and oxygen atoms in total. The van der Waals surface area contributed by atoms with Crippen LogP contribution in [-0.4, -0.2) is 11.1 Å². The molecule has 0 bridgehead atoms. The van der Waals surface area contributed by atoms with Gasteiger partial charge in [-0.2, -0.15) is 0 Å². The molecule has 1 N–H and O–H groups in total. The number of allylic oxidation sites excluding steroid dienone is 1. The Morgan fingerprint density at radius 3 is 2.44 bits per heavy atom. The molecule has 16 heavy (non-hydrogen) atoms. The minimum atomic E-state index is -0.663. The van der Waals surface area contributed by atoms with E-state index >= 15 is 0 Å². The van der Waals surface area contributed by atoms with Gasteiger partial charge < -0.3 is 5.11 Å². The zero-order valence-corrected chi connectivity index (χ0v) is 10.8. The lowest BCUT2D eigenvalue weighted by atomic mass is 9.66. The highest BCUT2D eigenvalue weighted by atomic mass is 35.5. The van der Waals surface area contributed by atoms with Crippen LogP contribution in [0.15, 0.2) is 11.6 Å². The third-order valence-electron chi connectivity index (χ3n) is 3.98. The highest BCUT2D eigenvalue weighted by molar-refractivity contribution is 6.25. The lowest BCUT2D eigenvalue weighted by Gasteiger charge is -2.37. The normalized spacial score (nSPS) is 31.1. The number of carboxylic acids is 1. The fourth-order valence-electron chi connectivity index (χ4n) is 2.63. The first-order valence-electron chi connectivity index (χ1n) is 6.00. The van der Waals surface area contributed by atoms with Crippen molar-refractivity contribution in [3.63, 3.8) is 0 Å². The summed E-state index contributed by atoms with van der Waals surface area (Å²) in [6, 6.07) is 0. The Labute approximate surface area is 103 Å². The summed E-state index contributed by atoms with van der Waals surface area (Å²) in [5, 5.41) is 9.36. The number of hydrogen-bond acceptors (Lipinski definition) is 1. The van der Waals surface area contributed by atoms with Crippen LogP contribution in [0.5, 0.6) is 0 Å². The van der Waals surface area contributed by atoms with E-state index in [2.05, 4.69) is 13.8 Å². The molecule has 0 atom stereocenters. The maximum absolute atomic E-state index is 11.4. The quantitative estimate of drug-likeness (QED) is 0.810. The standard InChI is InChI=1S/C13H21ClO2/c1-10(2)11-4-7-13(8-5-11,12(15)16)6-3-9-14/h3,9-11H,4-8H2,1-2H3,(H,15,16)/b9-3+. The van der Waals surface area contributed by atoms with Crippen molar-refractivity contribution in [2.45, 2.75) is 46.0 Å². The summed E-state index contributed by atoms with van der Waals surface area (Å²) >= 11 is 5.49. The van der Waals surface area contributed by atoms with E-state index in [-0.39, 0.29) is 0 Å². The summed E-state index contributed by atoms with van der Waals surface area (Å²) in [6.45, 7) is 4.44. The average Bonchev–Trinajstić information content (AvgIpc) is 2.26. The van der Waals surface area contributed by atoms with Gasteiger partial charge in [-0.25, -0.2) is 0 Å². The van der Waals surface area contributed by atoms with E-state index in [1.165, 1.54) is 5.54 Å². The summed E-state index contributed by atoms with van der Waals surface area (Å²) in [5.74, 6) is 0.687. The van der Waals surface area contributed by atoms with Crippen LogP contribution in [0.2, 0.25) is 0 Å². The number of carboxylic acid groups (broad SMARTS) is 1. The molecule has 0 heterocycles. The van der Waals surface area contributed by atoms with Gasteiger partial charge in [-0.15, -0.1) is 0 Å². The molecule has 0 aromatic heterocycles. The average molecular weight is 245 g/mol. The maximum atomic E-state index is 11.4. The van der Waals surface area contributed by atoms with Gasteiger partial charge in [-0.3, -0.25) is 4.79 Å². The number of carbonyl (C=O) groups is 1. The number of aliphatic carboxylic acids is 1. The van der Waals surface area contributed by atoms with Gasteiger partial charge in [0, 0.05) is 5.54 Å². The van der Waals surface area contributed by atoms with Crippen LogP contribution in [-0.2, 0) is 4.79 Å². The van der Waals surface area contributed by atoms with Gasteiger partial charge in [0.25, 0.3) is 0 Å². The van der Waals surface area contributed by atoms with Gasteiger partial charge in [-0.05, 0) is 43.9 Å². The number of halogens is 1. The van der Waals surface area contributed by atoms with Crippen LogP contribution in [0.4, 0.5) is 0 Å². The van der Waals surface area contributed by atoms with Crippen LogP contribution in [0.3, 0.4) is 0 Å². The van der Waals surface area contributed by atoms with Crippen molar-refractivity contribution in [2.24, 2.45) is 17.3 Å². The molecule has 1 fully saturated rings. The zero-order valence-electron chi connectivity index (χ0n) is 10.1. The van der Waals surface area contributed by atoms with Gasteiger partial charge in [0.15, 0.2) is 0 Å². The molecular weight excluding hydrogens is 224 g/mol. The summed E-state index contributed by atoms with van der Waals surface area (Å²) in [6.07, 6.45) is 5.96. The van der Waals surface area contributed by atoms with E-state index in [4.69, 9.17) is 11.6 Å². The highest BCUT2D eigenvalue weighted by Gasteiger charge is 2.41. The summed E-state index contributed by atoms with van der Waals surface area (Å²) in [4.78, 5) is 11.4. The molecule has 0 aromatic carbocycles. The largest absolute Gasteiger partial charge is 0.481 e. The molecule has 0 saturated heterocycles. The van der Waals surface area contributed by atoms with Crippen molar-refractivity contribution >= 4 is 17.6 Å². The van der Waals surface area contributed by atoms with E-state index in [1.807, 2.05) is 0 Å². The van der Waals surface area contributed by atoms with Crippen LogP contribution >= 0.6 is 11.6 Å². The van der Waals surface area contributed by atoms with E-state index in [0.717, 1.165) is 25.7 Å². The number of rotatable bonds is 4. The van der Waals surface area contributed by atoms with Crippen LogP contribution in [0.1, 0.15) is 46.0 Å². The molecule has 0 spiro atoms. The minimum absolute atomic E-state index is 0.559. The third kappa shape index (κ3) is 3.00. The monoisotopic (exact) mass is 244 g/mol. The predicted molar refractivity (Wildman–Crippen MR) is 66.5 cm³/mol. The number of hydrogen-bond donors (Lipinski definition) is 1. The molecule has 0 aromatic rings. The van der Waals surface area contributed by atoms with Crippen molar-refractivity contribution in [1.82, 2.24) is 0 Å². The van der Waals surface area contributed by atoms with E-state index in [1.54, 1.807) is 6.08 Å². The Morgan fingerprint density at radius 2 is 2.06 bits per heavy atom. The Balaban J connectivity index is 2.66. The molecule has 1 aliphatic rings. The van der Waals surface area contributed by atoms with Gasteiger partial charge in [0.1, 0.15) is 0 Å². The first kappa shape index (κ1) is 13.6. The molecular formula is C13H21ClO2. The molecule has 1 saturated carbocycles. The lowest BCUT2D eigenvalue weighted by molar-refractivity contribution is -0.151. The van der Waals surface area contributed by atoms with Crippen LogP contribution in [0, 0.1) is 17.3 Å². The van der Waals surface area contributed by atoms with E-state index < -0.39 is 11.4 Å². The Hall–Kier alpha value is -0.500. The summed E-state index contributed by atoms with van der Waals surface area (Å²) < 4.78 is 0. The van der Waals surface area contributed by atoms with Gasteiger partial charge in [-0.1, -0.05) is 31.5 Å². The first-order chi connectivity index (χ1) is 7.52. The van der Waals surface area contributed by atoms with Crippen LogP contribution < -0.4 is 0 Å². The molecule has 1 rings (SSSR count). The Bertz CT molecular complexity index is 263. The molecule has 1 aliphatic carbocycles. The maximum Gasteiger partial charge on any atom is 0.309 e. The third-order valence-corrected chi connectivity index (χ3v) is 4.16. The van der Waals surface area contributed by atoms with Gasteiger partial charge >= 0.3 is 5.97 Å². The molecule has 0 unspecified atom stereocenters. The molecule has 3 heteroatoms. The summed E-state index contributed by atoms with van der Waals surface area (Å²) in [7, 11) is 0. The van der Waals surface area contributed by atoms with Crippen LogP contribution in [0.25, 0.3) is 0 Å². The topological polar surface area (TPSA) is 37.3 Å². The fraction of sp³-hybridized carbons (Fsp3) is 0.769. The second-order valence-electron chi connectivity index (χ2n) is 5.23. The van der Waals surface area contributed by atoms with E-state index in [0.29, 0.717) is 18.3 Å². The SMILES string of the molecule is CC(C)C1CCC(C/C=C/Cl)(C(=O)O)CC1. The van der Waals surface area contributed by atoms with E-state index in [9.17, 15) is 9.90 Å². The van der Waals surface area contributed by atoms with Crippen molar-refractivity contribution in [1.29, 1.82) is 0 Å². The second kappa shape index (κ2) is 5.72. The smallest absolute Gasteiger partial charge is 0.309 e. The van der Waals surface area contributed by atoms with Crippen molar-refractivity contribution in [3.8, 4) is 0 Å². The molecule has 92 valence electrons. The highest BCUT2D eigenvalue weighted by Crippen LogP contribution is 2.44. The molecule has 0 radical (unpaired) electrons. The fourth-order valence-corrected chi connectivity index (χ4v) is 2.72. The summed E-state index contributed by atoms with van der Waals surface area (Å²) in [5.41, 5.74) is 0.871. The first-order valence-corrected chi connectivity index (χ1v) is 6.44. The minimum Gasteiger partial charge on any atom is -0.481 e. The van der Waals surface area contributed by atoms with Gasteiger partial charge in [0.2, 0.25) is 0 Å². The van der Waals surface area contributed by atoms with Crippen molar-refractivity contribution in [2.75, 3.05) is 0 Å². The molecule has 0 amide bonds. The predicted octanol–water partition coefficient (Wildman–Crippen LogP) is 4.05.